The fourth-order valence-corrected chi connectivity index (χ4v) is 3.00. The van der Waals surface area contributed by atoms with Crippen LogP contribution in [0.5, 0.6) is 0 Å². The van der Waals surface area contributed by atoms with Gasteiger partial charge in [0.05, 0.1) is 5.66 Å². The lowest BCUT2D eigenvalue weighted by molar-refractivity contribution is 0.480. The summed E-state index contributed by atoms with van der Waals surface area (Å²) >= 11 is 0. The van der Waals surface area contributed by atoms with Crippen LogP contribution in [0, 0.1) is 0 Å². The normalized spacial score (nSPS) is 14.5. The van der Waals surface area contributed by atoms with Gasteiger partial charge in [0.15, 0.2) is 8.03 Å². The van der Waals surface area contributed by atoms with Gasteiger partial charge in [-0.15, -0.1) is 0 Å². The van der Waals surface area contributed by atoms with Crippen LogP contribution >= 0.6 is 8.03 Å². The number of hydrogen-bond donors (Lipinski definition) is 1. The van der Waals surface area contributed by atoms with Gasteiger partial charge in [-0.05, 0) is 12.0 Å². The van der Waals surface area contributed by atoms with Crippen LogP contribution in [0.1, 0.15) is 56.7 Å². The van der Waals surface area contributed by atoms with Crippen molar-refractivity contribution < 1.29 is 9.46 Å². The lowest BCUT2D eigenvalue weighted by Crippen LogP contribution is -1.94. The summed E-state index contributed by atoms with van der Waals surface area (Å²) in [7, 11) is -2.47. The average molecular weight is 254 g/mol. The quantitative estimate of drug-likeness (QED) is 0.545. The Bertz CT molecular complexity index is 324. The topological polar surface area (TPSA) is 37.3 Å². The fraction of sp³-hybridized carbons (Fsp3) is 0.571. The molecule has 1 aromatic rings. The van der Waals surface area contributed by atoms with Crippen LogP contribution in [0.4, 0.5) is 0 Å². The molecule has 0 fully saturated rings. The first-order chi connectivity index (χ1) is 8.25. The fourth-order valence-electron chi connectivity index (χ4n) is 2.07. The van der Waals surface area contributed by atoms with Crippen molar-refractivity contribution in [2.24, 2.45) is 0 Å². The Morgan fingerprint density at radius 3 is 2.35 bits per heavy atom. The van der Waals surface area contributed by atoms with E-state index in [9.17, 15) is 9.46 Å². The molecule has 0 aliphatic carbocycles. The van der Waals surface area contributed by atoms with Gasteiger partial charge in [-0.1, -0.05) is 69.4 Å². The molecule has 2 atom stereocenters. The van der Waals surface area contributed by atoms with Gasteiger partial charge >= 0.3 is 0 Å². The van der Waals surface area contributed by atoms with E-state index in [4.69, 9.17) is 0 Å². The average Bonchev–Trinajstić information content (AvgIpc) is 2.34. The highest BCUT2D eigenvalue weighted by molar-refractivity contribution is 7.38. The zero-order chi connectivity index (χ0) is 12.5. The van der Waals surface area contributed by atoms with E-state index in [1.165, 1.54) is 25.7 Å². The summed E-state index contributed by atoms with van der Waals surface area (Å²) in [5.41, 5.74) is 0.859. The maximum atomic E-state index is 11.4. The van der Waals surface area contributed by atoms with Gasteiger partial charge in [-0.3, -0.25) is 4.57 Å². The van der Waals surface area contributed by atoms with Gasteiger partial charge in [0.25, 0.3) is 0 Å². The Hall–Kier alpha value is -0.590. The first kappa shape index (κ1) is 14.5. The number of rotatable bonds is 8. The van der Waals surface area contributed by atoms with E-state index in [1.54, 1.807) is 0 Å². The molecular weight excluding hydrogens is 231 g/mol. The first-order valence-electron chi connectivity index (χ1n) is 6.53. The molecule has 0 aromatic heterocycles. The predicted octanol–water partition coefficient (Wildman–Crippen LogP) is 4.56. The van der Waals surface area contributed by atoms with Crippen molar-refractivity contribution in [3.8, 4) is 0 Å². The minimum atomic E-state index is -2.47. The highest BCUT2D eigenvalue weighted by Gasteiger charge is 2.15. The zero-order valence-corrected chi connectivity index (χ0v) is 11.6. The lowest BCUT2D eigenvalue weighted by atomic mass is 10.0. The number of benzene rings is 1. The summed E-state index contributed by atoms with van der Waals surface area (Å²) in [6, 6.07) is 9.72. The molecular formula is C14H23O2P. The molecule has 0 spiro atoms. The summed E-state index contributed by atoms with van der Waals surface area (Å²) in [5.74, 6) is 0. The van der Waals surface area contributed by atoms with E-state index in [0.717, 1.165) is 18.4 Å². The molecule has 0 heterocycles. The van der Waals surface area contributed by atoms with E-state index >= 15 is 0 Å². The summed E-state index contributed by atoms with van der Waals surface area (Å²) < 4.78 is 11.4. The molecule has 1 rings (SSSR count). The third-order valence-electron chi connectivity index (χ3n) is 3.10. The van der Waals surface area contributed by atoms with Crippen LogP contribution in [0.2, 0.25) is 0 Å². The third kappa shape index (κ3) is 5.52. The highest BCUT2D eigenvalue weighted by Crippen LogP contribution is 2.41. The van der Waals surface area contributed by atoms with E-state index in [1.807, 2.05) is 30.3 Å². The second kappa shape index (κ2) is 8.49. The monoisotopic (exact) mass is 254 g/mol. The molecule has 1 aromatic carbocycles. The number of unbranched alkanes of at least 4 members (excludes halogenated alkanes) is 4. The minimum absolute atomic E-state index is 0.150. The van der Waals surface area contributed by atoms with E-state index < -0.39 is 8.03 Å². The Morgan fingerprint density at radius 2 is 1.76 bits per heavy atom. The van der Waals surface area contributed by atoms with Crippen molar-refractivity contribution in [1.29, 1.82) is 0 Å². The summed E-state index contributed by atoms with van der Waals surface area (Å²) in [4.78, 5) is 9.41. The van der Waals surface area contributed by atoms with Crippen molar-refractivity contribution in [2.45, 2.75) is 51.1 Å². The summed E-state index contributed by atoms with van der Waals surface area (Å²) in [6.07, 6.45) is 6.80. The molecule has 0 aliphatic heterocycles. The van der Waals surface area contributed by atoms with Crippen LogP contribution in [0.15, 0.2) is 30.3 Å². The summed E-state index contributed by atoms with van der Waals surface area (Å²) in [6.45, 7) is 2.19. The SMILES string of the molecule is CCCCCCCC(c1ccccc1)[PH](=O)O. The van der Waals surface area contributed by atoms with Gasteiger partial charge in [-0.25, -0.2) is 0 Å². The maximum absolute atomic E-state index is 11.4. The van der Waals surface area contributed by atoms with Crippen molar-refractivity contribution in [3.63, 3.8) is 0 Å². The molecule has 17 heavy (non-hydrogen) atoms. The highest BCUT2D eigenvalue weighted by atomic mass is 31.1. The van der Waals surface area contributed by atoms with Crippen molar-refractivity contribution in [3.05, 3.63) is 35.9 Å². The lowest BCUT2D eigenvalue weighted by Gasteiger charge is -2.13. The molecule has 96 valence electrons. The number of hydrogen-bond acceptors (Lipinski definition) is 1. The van der Waals surface area contributed by atoms with Crippen molar-refractivity contribution in [1.82, 2.24) is 0 Å². The van der Waals surface area contributed by atoms with E-state index in [2.05, 4.69) is 6.92 Å². The predicted molar refractivity (Wildman–Crippen MR) is 73.8 cm³/mol. The van der Waals surface area contributed by atoms with Gasteiger partial charge in [-0.2, -0.15) is 0 Å². The van der Waals surface area contributed by atoms with Crippen LogP contribution in [-0.4, -0.2) is 4.89 Å². The molecule has 1 N–H and O–H groups in total. The second-order valence-corrected chi connectivity index (χ2v) is 5.88. The molecule has 0 aliphatic rings. The third-order valence-corrected chi connectivity index (χ3v) is 4.31. The van der Waals surface area contributed by atoms with Crippen molar-refractivity contribution in [2.75, 3.05) is 0 Å². The molecule has 0 saturated heterocycles. The molecule has 0 amide bonds. The van der Waals surface area contributed by atoms with Gasteiger partial charge < -0.3 is 4.89 Å². The van der Waals surface area contributed by atoms with Crippen LogP contribution in [0.25, 0.3) is 0 Å². The first-order valence-corrected chi connectivity index (χ1v) is 7.96. The molecule has 0 radical (unpaired) electrons. The Morgan fingerprint density at radius 1 is 1.12 bits per heavy atom. The summed E-state index contributed by atoms with van der Waals surface area (Å²) in [5, 5.41) is 0. The van der Waals surface area contributed by atoms with Crippen molar-refractivity contribution >= 4 is 8.03 Å². The van der Waals surface area contributed by atoms with Gasteiger partial charge in [0, 0.05) is 0 Å². The Balaban J connectivity index is 2.42. The smallest absolute Gasteiger partial charge is 0.196 e. The molecule has 2 unspecified atom stereocenters. The van der Waals surface area contributed by atoms with E-state index in [-0.39, 0.29) is 5.66 Å². The van der Waals surface area contributed by atoms with Gasteiger partial charge in [0.1, 0.15) is 0 Å². The molecule has 0 bridgehead atoms. The molecule has 2 nitrogen and oxygen atoms in total. The van der Waals surface area contributed by atoms with Crippen LogP contribution in [-0.2, 0) is 4.57 Å². The second-order valence-electron chi connectivity index (χ2n) is 4.50. The maximum Gasteiger partial charge on any atom is 0.196 e. The van der Waals surface area contributed by atoms with Crippen LogP contribution < -0.4 is 0 Å². The standard InChI is InChI=1S/C14H23O2P/c1-2-3-4-5-9-12-14(17(15)16)13-10-7-6-8-11-13/h6-8,10-11,14,17H,2-5,9,12H2,1H3,(H,15,16). The molecule has 3 heteroatoms. The van der Waals surface area contributed by atoms with Gasteiger partial charge in [0.2, 0.25) is 0 Å². The minimum Gasteiger partial charge on any atom is -0.346 e. The Kier molecular flexibility index (Phi) is 7.23. The van der Waals surface area contributed by atoms with E-state index in [0.29, 0.717) is 0 Å². The zero-order valence-electron chi connectivity index (χ0n) is 10.6. The van der Waals surface area contributed by atoms with Crippen LogP contribution in [0.3, 0.4) is 0 Å². The Labute approximate surface area is 105 Å². The molecule has 0 saturated carbocycles. The largest absolute Gasteiger partial charge is 0.346 e.